The molecule has 4 nitrogen and oxygen atoms in total. The van der Waals surface area contributed by atoms with E-state index in [-0.39, 0.29) is 24.9 Å². The fourth-order valence-corrected chi connectivity index (χ4v) is 2.03. The third-order valence-corrected chi connectivity index (χ3v) is 2.87. The van der Waals surface area contributed by atoms with Crippen LogP contribution in [0, 0.1) is 12.3 Å². The maximum absolute atomic E-state index is 11.8. The zero-order valence-corrected chi connectivity index (χ0v) is 9.57. The molecule has 4 heteroatoms. The van der Waals surface area contributed by atoms with Crippen LogP contribution in [-0.4, -0.2) is 36.5 Å². The van der Waals surface area contributed by atoms with Crippen LogP contribution in [0.2, 0.25) is 0 Å². The number of hydrogen-bond acceptors (Lipinski definition) is 3. The van der Waals surface area contributed by atoms with Crippen molar-refractivity contribution in [3.63, 3.8) is 0 Å². The molecule has 1 amide bonds. The minimum absolute atomic E-state index is 0.0156. The molecule has 1 rings (SSSR count). The Kier molecular flexibility index (Phi) is 4.84. The van der Waals surface area contributed by atoms with Crippen LogP contribution in [0.4, 0.5) is 0 Å². The Balaban J connectivity index is 2.64. The molecule has 1 aliphatic carbocycles. The molecule has 1 fully saturated rings. The van der Waals surface area contributed by atoms with Gasteiger partial charge in [-0.2, -0.15) is 0 Å². The van der Waals surface area contributed by atoms with Crippen molar-refractivity contribution in [3.8, 4) is 12.3 Å². The summed E-state index contributed by atoms with van der Waals surface area (Å²) in [4.78, 5) is 24.5. The molecule has 0 heterocycles. The molecule has 0 spiro atoms. The van der Waals surface area contributed by atoms with Crippen molar-refractivity contribution in [1.29, 1.82) is 0 Å². The number of hydrogen-bond donors (Lipinski definition) is 0. The number of carbonyl (C=O) groups is 2. The van der Waals surface area contributed by atoms with Crippen molar-refractivity contribution in [1.82, 2.24) is 4.90 Å². The van der Waals surface area contributed by atoms with E-state index in [0.717, 1.165) is 25.7 Å². The molecule has 0 N–H and O–H groups in total. The summed E-state index contributed by atoms with van der Waals surface area (Å²) in [5, 5.41) is 0. The Bertz CT molecular complexity index is 300. The second kappa shape index (κ2) is 6.16. The van der Waals surface area contributed by atoms with Crippen molar-refractivity contribution in [3.05, 3.63) is 0 Å². The van der Waals surface area contributed by atoms with Crippen LogP contribution in [0.25, 0.3) is 0 Å². The maximum Gasteiger partial charge on any atom is 0.325 e. The normalized spacial score (nSPS) is 15.5. The van der Waals surface area contributed by atoms with Crippen LogP contribution in [0.3, 0.4) is 0 Å². The Hall–Kier alpha value is -1.50. The zero-order chi connectivity index (χ0) is 12.0. The number of rotatable bonds is 4. The number of methoxy groups -OCH3 is 1. The summed E-state index contributed by atoms with van der Waals surface area (Å²) in [5.41, 5.74) is 0. The lowest BCUT2D eigenvalue weighted by Crippen LogP contribution is -2.42. The minimum atomic E-state index is -0.391. The van der Waals surface area contributed by atoms with E-state index in [1.54, 1.807) is 4.90 Å². The summed E-state index contributed by atoms with van der Waals surface area (Å²) in [6, 6.07) is 0.153. The summed E-state index contributed by atoms with van der Waals surface area (Å²) in [6.07, 6.45) is 9.27. The van der Waals surface area contributed by atoms with E-state index >= 15 is 0 Å². The molecule has 88 valence electrons. The Morgan fingerprint density at radius 1 is 1.44 bits per heavy atom. The molecule has 1 aliphatic rings. The number of nitrogens with zero attached hydrogens (tertiary/aromatic N) is 1. The third kappa shape index (κ3) is 3.27. The number of carbonyl (C=O) groups excluding carboxylic acids is 2. The second-order valence-corrected chi connectivity index (χ2v) is 3.92. The van der Waals surface area contributed by atoms with E-state index in [1.807, 2.05) is 0 Å². The van der Waals surface area contributed by atoms with Gasteiger partial charge in [0.1, 0.15) is 6.54 Å². The smallest absolute Gasteiger partial charge is 0.325 e. The average molecular weight is 223 g/mol. The lowest BCUT2D eigenvalue weighted by Gasteiger charge is -2.27. The van der Waals surface area contributed by atoms with E-state index in [0.29, 0.717) is 0 Å². The maximum atomic E-state index is 11.8. The first-order chi connectivity index (χ1) is 7.69. The van der Waals surface area contributed by atoms with E-state index in [9.17, 15) is 9.59 Å². The first-order valence-electron chi connectivity index (χ1n) is 5.48. The van der Waals surface area contributed by atoms with Crippen LogP contribution in [0.1, 0.15) is 32.1 Å². The Labute approximate surface area is 95.9 Å². The summed E-state index contributed by atoms with van der Waals surface area (Å²) in [6.45, 7) is 0.0156. The summed E-state index contributed by atoms with van der Waals surface area (Å²) in [5.74, 6) is 1.77. The molecule has 0 aliphatic heterocycles. The molecule has 0 unspecified atom stereocenters. The van der Waals surface area contributed by atoms with Crippen molar-refractivity contribution in [2.24, 2.45) is 0 Å². The van der Waals surface area contributed by atoms with Gasteiger partial charge in [0.25, 0.3) is 0 Å². The lowest BCUT2D eigenvalue weighted by molar-refractivity contribution is -0.148. The standard InChI is InChI=1S/C12H17NO3/c1-3-6-11(14)13(9-12(15)16-2)10-7-4-5-8-10/h1,10H,4-9H2,2H3. The lowest BCUT2D eigenvalue weighted by atomic mass is 10.2. The molecular weight excluding hydrogens is 206 g/mol. The third-order valence-electron chi connectivity index (χ3n) is 2.87. The van der Waals surface area contributed by atoms with Gasteiger partial charge in [-0.15, -0.1) is 6.42 Å². The topological polar surface area (TPSA) is 46.6 Å². The quantitative estimate of drug-likeness (QED) is 0.526. The zero-order valence-electron chi connectivity index (χ0n) is 9.57. The monoisotopic (exact) mass is 223 g/mol. The highest BCUT2D eigenvalue weighted by molar-refractivity contribution is 5.83. The largest absolute Gasteiger partial charge is 0.468 e. The van der Waals surface area contributed by atoms with Gasteiger partial charge >= 0.3 is 5.97 Å². The minimum Gasteiger partial charge on any atom is -0.468 e. The van der Waals surface area contributed by atoms with Gasteiger partial charge in [-0.25, -0.2) is 0 Å². The van der Waals surface area contributed by atoms with E-state index in [2.05, 4.69) is 10.7 Å². The van der Waals surface area contributed by atoms with Crippen LogP contribution in [0.5, 0.6) is 0 Å². The fourth-order valence-electron chi connectivity index (χ4n) is 2.03. The molecule has 0 atom stereocenters. The van der Waals surface area contributed by atoms with Crippen LogP contribution < -0.4 is 0 Å². The van der Waals surface area contributed by atoms with Crippen LogP contribution in [0.15, 0.2) is 0 Å². The van der Waals surface area contributed by atoms with Crippen molar-refractivity contribution < 1.29 is 14.3 Å². The van der Waals surface area contributed by atoms with Crippen molar-refractivity contribution >= 4 is 11.9 Å². The Morgan fingerprint density at radius 2 is 2.06 bits per heavy atom. The van der Waals surface area contributed by atoms with Crippen molar-refractivity contribution in [2.75, 3.05) is 13.7 Å². The number of terminal acetylenes is 1. The van der Waals surface area contributed by atoms with E-state index in [4.69, 9.17) is 6.42 Å². The van der Waals surface area contributed by atoms with Crippen LogP contribution >= 0.6 is 0 Å². The fraction of sp³-hybridized carbons (Fsp3) is 0.667. The molecule has 0 bridgehead atoms. The highest BCUT2D eigenvalue weighted by atomic mass is 16.5. The van der Waals surface area contributed by atoms with Gasteiger partial charge < -0.3 is 9.64 Å². The molecule has 0 radical (unpaired) electrons. The van der Waals surface area contributed by atoms with Gasteiger partial charge in [-0.05, 0) is 12.8 Å². The van der Waals surface area contributed by atoms with Gasteiger partial charge in [0.15, 0.2) is 0 Å². The molecule has 0 aromatic rings. The second-order valence-electron chi connectivity index (χ2n) is 3.92. The van der Waals surface area contributed by atoms with Crippen LogP contribution in [-0.2, 0) is 14.3 Å². The predicted molar refractivity (Wildman–Crippen MR) is 59.4 cm³/mol. The van der Waals surface area contributed by atoms with Gasteiger partial charge in [-0.3, -0.25) is 9.59 Å². The first kappa shape index (κ1) is 12.6. The highest BCUT2D eigenvalue weighted by Crippen LogP contribution is 2.23. The SMILES string of the molecule is C#CCC(=O)N(CC(=O)OC)C1CCCC1. The molecule has 16 heavy (non-hydrogen) atoms. The Morgan fingerprint density at radius 3 is 2.56 bits per heavy atom. The number of esters is 1. The summed E-state index contributed by atoms with van der Waals surface area (Å²) >= 11 is 0. The summed E-state index contributed by atoms with van der Waals surface area (Å²) in [7, 11) is 1.32. The van der Waals surface area contributed by atoms with Gasteiger partial charge in [0.05, 0.1) is 13.5 Å². The van der Waals surface area contributed by atoms with E-state index in [1.165, 1.54) is 7.11 Å². The van der Waals surface area contributed by atoms with Gasteiger partial charge in [-0.1, -0.05) is 18.8 Å². The molecule has 0 saturated heterocycles. The number of amides is 1. The van der Waals surface area contributed by atoms with Gasteiger partial charge in [0, 0.05) is 6.04 Å². The average Bonchev–Trinajstić information content (AvgIpc) is 2.78. The molecule has 0 aromatic carbocycles. The summed E-state index contributed by atoms with van der Waals surface area (Å²) < 4.78 is 4.58. The predicted octanol–water partition coefficient (Wildman–Crippen LogP) is 0.954. The van der Waals surface area contributed by atoms with Gasteiger partial charge in [0.2, 0.25) is 5.91 Å². The number of ether oxygens (including phenoxy) is 1. The van der Waals surface area contributed by atoms with Crippen molar-refractivity contribution in [2.45, 2.75) is 38.1 Å². The molecule has 0 aromatic heterocycles. The van der Waals surface area contributed by atoms with E-state index < -0.39 is 5.97 Å². The molecule has 1 saturated carbocycles. The molecular formula is C12H17NO3. The first-order valence-corrected chi connectivity index (χ1v) is 5.48. The highest BCUT2D eigenvalue weighted by Gasteiger charge is 2.27.